The molecule has 3 nitrogen and oxygen atoms in total. The summed E-state index contributed by atoms with van der Waals surface area (Å²) in [5, 5.41) is 9.12. The Hall–Kier alpha value is -0.990. The van der Waals surface area contributed by atoms with Gasteiger partial charge in [0.25, 0.3) is 5.60 Å². The quantitative estimate of drug-likeness (QED) is 0.247. The van der Waals surface area contributed by atoms with Crippen molar-refractivity contribution < 1.29 is 41.0 Å². The second-order valence-corrected chi connectivity index (χ2v) is 15.9. The van der Waals surface area contributed by atoms with E-state index in [0.29, 0.717) is 48.5 Å². The fraction of sp³-hybridized carbons (Fsp3) is 0.971. The molecule has 9 rings (SSSR count). The fourth-order valence-corrected chi connectivity index (χ4v) is 11.0. The first-order valence-corrected chi connectivity index (χ1v) is 17.0. The van der Waals surface area contributed by atoms with Gasteiger partial charge in [0.05, 0.1) is 5.92 Å². The molecule has 0 amide bonds. The van der Waals surface area contributed by atoms with Crippen LogP contribution in [0.3, 0.4) is 0 Å². The Balaban J connectivity index is 0.000000129. The van der Waals surface area contributed by atoms with Crippen LogP contribution in [0.1, 0.15) is 112 Å². The van der Waals surface area contributed by atoms with Crippen LogP contribution in [0.25, 0.3) is 0 Å². The number of alkyl halides is 6. The molecular weight excluding hydrogens is 570 g/mol. The number of esters is 1. The van der Waals surface area contributed by atoms with Crippen molar-refractivity contribution in [3.05, 3.63) is 0 Å². The zero-order valence-electron chi connectivity index (χ0n) is 26.4. The maximum absolute atomic E-state index is 12.5. The van der Waals surface area contributed by atoms with Gasteiger partial charge in [-0.15, -0.1) is 0 Å². The first kappa shape index (κ1) is 33.4. The molecule has 9 aliphatic rings. The second-order valence-electron chi connectivity index (χ2n) is 15.9. The van der Waals surface area contributed by atoms with Crippen LogP contribution in [0.2, 0.25) is 0 Å². The molecule has 8 bridgehead atoms. The van der Waals surface area contributed by atoms with Gasteiger partial charge < -0.3 is 9.84 Å². The Kier molecular flexibility index (Phi) is 9.06. The standard InChI is InChI=1S/C12H20.C11H14F6O.C9H12O2.C2H6/c1-12(2)10-4-8-3-9(6-10)7-11(12)5-8;12-10(13,14)9(18,11(15,16)17)5-8-4-6-1-2-7(8)3-6;1-4-5-2-6-7(3-5)9(10)11-8(4)6;1-2/h8-11H,3-7H2,1-2H3;6-8,18H,1-5H2;4-8H,2-3H2,1H3;1-2H3. The maximum Gasteiger partial charge on any atom is 0.426 e. The van der Waals surface area contributed by atoms with Crippen LogP contribution >= 0.6 is 0 Å². The summed E-state index contributed by atoms with van der Waals surface area (Å²) in [5.74, 6) is 6.36. The molecule has 8 saturated carbocycles. The molecule has 1 heterocycles. The summed E-state index contributed by atoms with van der Waals surface area (Å²) in [4.78, 5) is 11.2. The number of halogens is 6. The van der Waals surface area contributed by atoms with E-state index in [2.05, 4.69) is 20.8 Å². The van der Waals surface area contributed by atoms with Gasteiger partial charge >= 0.3 is 18.3 Å². The van der Waals surface area contributed by atoms with Gasteiger partial charge in [-0.25, -0.2) is 0 Å². The van der Waals surface area contributed by atoms with Crippen LogP contribution < -0.4 is 0 Å². The molecule has 0 aromatic rings. The zero-order chi connectivity index (χ0) is 31.7. The molecule has 8 unspecified atom stereocenters. The lowest BCUT2D eigenvalue weighted by Crippen LogP contribution is -2.58. The number of carbonyl (C=O) groups is 1. The molecule has 1 N–H and O–H groups in total. The summed E-state index contributed by atoms with van der Waals surface area (Å²) >= 11 is 0. The first-order chi connectivity index (χ1) is 20.0. The molecule has 0 aromatic carbocycles. The van der Waals surface area contributed by atoms with Gasteiger partial charge in [0, 0.05) is 5.92 Å². The van der Waals surface area contributed by atoms with Crippen LogP contribution in [0.4, 0.5) is 26.3 Å². The summed E-state index contributed by atoms with van der Waals surface area (Å²) in [6, 6.07) is 0. The molecule has 9 fully saturated rings. The average molecular weight is 623 g/mol. The Morgan fingerprint density at radius 1 is 0.767 bits per heavy atom. The molecule has 8 aliphatic carbocycles. The lowest BCUT2D eigenvalue weighted by atomic mass is 9.46. The molecule has 9 heteroatoms. The monoisotopic (exact) mass is 622 g/mol. The van der Waals surface area contributed by atoms with Crippen molar-refractivity contribution in [3.63, 3.8) is 0 Å². The first-order valence-electron chi connectivity index (χ1n) is 17.0. The van der Waals surface area contributed by atoms with Crippen LogP contribution in [0.5, 0.6) is 0 Å². The lowest BCUT2D eigenvalue weighted by molar-refractivity contribution is -0.373. The summed E-state index contributed by atoms with van der Waals surface area (Å²) < 4.78 is 80.5. The predicted molar refractivity (Wildman–Crippen MR) is 152 cm³/mol. The Labute approximate surface area is 253 Å². The molecule has 0 aromatic heterocycles. The molecular formula is C34H52F6O3. The highest BCUT2D eigenvalue weighted by molar-refractivity contribution is 5.76. The number of aliphatic hydroxyl groups is 1. The van der Waals surface area contributed by atoms with E-state index in [1.54, 1.807) is 32.1 Å². The number of hydrogen-bond donors (Lipinski definition) is 1. The third-order valence-electron chi connectivity index (χ3n) is 13.5. The molecule has 0 radical (unpaired) electrons. The van der Waals surface area contributed by atoms with Crippen LogP contribution in [0.15, 0.2) is 0 Å². The maximum atomic E-state index is 12.5. The van der Waals surface area contributed by atoms with Crippen molar-refractivity contribution in [1.82, 2.24) is 0 Å². The summed E-state index contributed by atoms with van der Waals surface area (Å²) in [6.45, 7) is 11.3. The number of rotatable bonds is 2. The predicted octanol–water partition coefficient (Wildman–Crippen LogP) is 9.37. The van der Waals surface area contributed by atoms with Gasteiger partial charge in [0.2, 0.25) is 0 Å². The fourth-order valence-electron chi connectivity index (χ4n) is 11.0. The minimum absolute atomic E-state index is 0.0897. The summed E-state index contributed by atoms with van der Waals surface area (Å²) in [5.41, 5.74) is -3.86. The highest BCUT2D eigenvalue weighted by Crippen LogP contribution is 2.62. The van der Waals surface area contributed by atoms with Crippen LogP contribution in [-0.4, -0.2) is 35.1 Å². The number of ether oxygens (including phenoxy) is 1. The molecule has 248 valence electrons. The van der Waals surface area contributed by atoms with Crippen LogP contribution in [-0.2, 0) is 9.53 Å². The van der Waals surface area contributed by atoms with E-state index in [1.807, 2.05) is 13.8 Å². The van der Waals surface area contributed by atoms with E-state index in [9.17, 15) is 31.1 Å². The lowest BCUT2D eigenvalue weighted by Gasteiger charge is -2.59. The number of hydrogen-bond acceptors (Lipinski definition) is 3. The molecule has 43 heavy (non-hydrogen) atoms. The SMILES string of the molecule is CC.CC1(C)C2CC3CC(C2)CC1C3.CC1C2CC3C(=O)OC1C3C2.OC(CC1CC2CCC1C2)(C(F)(F)F)C(F)(F)F. The van der Waals surface area contributed by atoms with E-state index < -0.39 is 30.3 Å². The van der Waals surface area contributed by atoms with E-state index >= 15 is 0 Å². The highest BCUT2D eigenvalue weighted by atomic mass is 19.4. The van der Waals surface area contributed by atoms with Gasteiger partial charge in [0.15, 0.2) is 0 Å². The van der Waals surface area contributed by atoms with Crippen molar-refractivity contribution in [1.29, 1.82) is 0 Å². The van der Waals surface area contributed by atoms with Crippen molar-refractivity contribution >= 4 is 5.97 Å². The number of fused-ring (bicyclic) bond motifs is 3. The van der Waals surface area contributed by atoms with E-state index in [-0.39, 0.29) is 17.8 Å². The second kappa shape index (κ2) is 11.7. The van der Waals surface area contributed by atoms with E-state index in [0.717, 1.165) is 42.4 Å². The molecule has 1 aliphatic heterocycles. The summed E-state index contributed by atoms with van der Waals surface area (Å²) in [7, 11) is 0. The molecule has 8 atom stereocenters. The van der Waals surface area contributed by atoms with Gasteiger partial charge in [-0.3, -0.25) is 4.79 Å². The summed E-state index contributed by atoms with van der Waals surface area (Å²) in [6.07, 6.45) is 0.577. The Bertz CT molecular complexity index is 961. The highest BCUT2D eigenvalue weighted by Gasteiger charge is 2.71. The van der Waals surface area contributed by atoms with E-state index in [4.69, 9.17) is 9.84 Å². The van der Waals surface area contributed by atoms with Gasteiger partial charge in [-0.1, -0.05) is 41.0 Å². The Morgan fingerprint density at radius 3 is 1.74 bits per heavy atom. The van der Waals surface area contributed by atoms with Gasteiger partial charge in [-0.05, 0) is 129 Å². The van der Waals surface area contributed by atoms with Crippen molar-refractivity contribution in [2.45, 2.75) is 136 Å². The normalized spacial score (nSPS) is 44.2. The smallest absolute Gasteiger partial charge is 0.426 e. The largest absolute Gasteiger partial charge is 0.462 e. The number of carbonyl (C=O) groups excluding carboxylic acids is 1. The molecule has 1 saturated heterocycles. The average Bonchev–Trinajstić information content (AvgIpc) is 3.72. The van der Waals surface area contributed by atoms with Gasteiger partial charge in [-0.2, -0.15) is 26.3 Å². The minimum atomic E-state index is -5.67. The third-order valence-corrected chi connectivity index (χ3v) is 13.5. The molecule has 0 spiro atoms. The third kappa shape index (κ3) is 5.88. The van der Waals surface area contributed by atoms with Crippen molar-refractivity contribution in [2.75, 3.05) is 0 Å². The topological polar surface area (TPSA) is 46.5 Å². The van der Waals surface area contributed by atoms with Crippen molar-refractivity contribution in [2.24, 2.45) is 70.5 Å². The van der Waals surface area contributed by atoms with E-state index in [1.165, 1.54) is 6.42 Å². The Morgan fingerprint density at radius 2 is 1.33 bits per heavy atom. The van der Waals surface area contributed by atoms with Crippen LogP contribution in [0, 0.1) is 70.5 Å². The van der Waals surface area contributed by atoms with Gasteiger partial charge in [0.1, 0.15) is 6.10 Å². The zero-order valence-corrected chi connectivity index (χ0v) is 26.4. The minimum Gasteiger partial charge on any atom is -0.462 e. The van der Waals surface area contributed by atoms with Crippen molar-refractivity contribution in [3.8, 4) is 0 Å².